The van der Waals surface area contributed by atoms with E-state index in [0.717, 1.165) is 28.0 Å². The maximum absolute atomic E-state index is 5.65. The number of nitrogen functional groups attached to an aromatic ring is 1. The van der Waals surface area contributed by atoms with Gasteiger partial charge in [-0.1, -0.05) is 0 Å². The summed E-state index contributed by atoms with van der Waals surface area (Å²) in [5, 5.41) is 4.26. The normalized spacial score (nSPS) is 10.8. The average Bonchev–Trinajstić information content (AvgIpc) is 2.89. The van der Waals surface area contributed by atoms with E-state index in [2.05, 4.69) is 25.3 Å². The number of aromatic nitrogens is 4. The first-order chi connectivity index (χ1) is 9.79. The van der Waals surface area contributed by atoms with Crippen LogP contribution < -0.4 is 16.8 Å². The molecule has 0 amide bonds. The van der Waals surface area contributed by atoms with Gasteiger partial charge >= 0.3 is 0 Å². The molecule has 3 aromatic rings. The Morgan fingerprint density at radius 3 is 2.85 bits per heavy atom. The summed E-state index contributed by atoms with van der Waals surface area (Å²) >= 11 is 0. The molecule has 0 fully saturated rings. The van der Waals surface area contributed by atoms with Gasteiger partial charge in [0.05, 0.1) is 11.1 Å². The number of pyridine rings is 1. The second kappa shape index (κ2) is 5.14. The van der Waals surface area contributed by atoms with Gasteiger partial charge in [-0.2, -0.15) is 0 Å². The summed E-state index contributed by atoms with van der Waals surface area (Å²) < 4.78 is 0. The van der Waals surface area contributed by atoms with Crippen LogP contribution in [0.1, 0.15) is 0 Å². The summed E-state index contributed by atoms with van der Waals surface area (Å²) in [6, 6.07) is 3.73. The van der Waals surface area contributed by atoms with E-state index in [4.69, 9.17) is 11.5 Å². The van der Waals surface area contributed by atoms with Gasteiger partial charge < -0.3 is 21.8 Å². The number of hydrogen-bond donors (Lipinski definition) is 4. The van der Waals surface area contributed by atoms with Crippen LogP contribution in [0.3, 0.4) is 0 Å². The van der Waals surface area contributed by atoms with Crippen LogP contribution in [0.5, 0.6) is 0 Å². The van der Waals surface area contributed by atoms with Crippen LogP contribution in [0.2, 0.25) is 0 Å². The lowest BCUT2D eigenvalue weighted by atomic mass is 10.1. The molecule has 0 aliphatic carbocycles. The summed E-state index contributed by atoms with van der Waals surface area (Å²) in [6.07, 6.45) is 5.25. The molecule has 3 aromatic heterocycles. The van der Waals surface area contributed by atoms with Crippen molar-refractivity contribution in [3.63, 3.8) is 0 Å². The molecular formula is C13H15N7. The standard InChI is InChI=1S/C13H15N7/c14-3-6-16-10-2-4-17-12-11(10)8(7-19-12)9-1-5-18-13(15)20-9/h1-2,4-5,7H,3,6,14H2,(H2,15,18,20)(H2,16,17,19). The summed E-state index contributed by atoms with van der Waals surface area (Å²) in [4.78, 5) is 15.6. The predicted molar refractivity (Wildman–Crippen MR) is 79.1 cm³/mol. The first-order valence-electron chi connectivity index (χ1n) is 6.28. The lowest BCUT2D eigenvalue weighted by Crippen LogP contribution is -2.13. The number of rotatable bonds is 4. The zero-order valence-electron chi connectivity index (χ0n) is 10.8. The Balaban J connectivity index is 2.16. The van der Waals surface area contributed by atoms with Crippen molar-refractivity contribution in [2.75, 3.05) is 24.1 Å². The fourth-order valence-electron chi connectivity index (χ4n) is 2.14. The van der Waals surface area contributed by atoms with E-state index in [1.807, 2.05) is 18.3 Å². The molecule has 0 bridgehead atoms. The zero-order valence-corrected chi connectivity index (χ0v) is 10.8. The van der Waals surface area contributed by atoms with Crippen molar-refractivity contribution in [3.05, 3.63) is 30.7 Å². The van der Waals surface area contributed by atoms with Crippen LogP contribution >= 0.6 is 0 Å². The molecule has 0 radical (unpaired) electrons. The topological polar surface area (TPSA) is 119 Å². The SMILES string of the molecule is NCCNc1ccnc2[nH]cc(-c3ccnc(N)n3)c12. The highest BCUT2D eigenvalue weighted by Gasteiger charge is 2.12. The molecule has 0 aromatic carbocycles. The number of aromatic amines is 1. The first-order valence-corrected chi connectivity index (χ1v) is 6.28. The van der Waals surface area contributed by atoms with Crippen LogP contribution in [0.4, 0.5) is 11.6 Å². The quantitative estimate of drug-likeness (QED) is 0.560. The molecule has 7 heteroatoms. The fourth-order valence-corrected chi connectivity index (χ4v) is 2.14. The van der Waals surface area contributed by atoms with Gasteiger partial charge in [-0.3, -0.25) is 0 Å². The lowest BCUT2D eigenvalue weighted by Gasteiger charge is -2.07. The van der Waals surface area contributed by atoms with E-state index in [-0.39, 0.29) is 5.95 Å². The molecule has 0 aliphatic heterocycles. The number of nitrogens with zero attached hydrogens (tertiary/aromatic N) is 3. The lowest BCUT2D eigenvalue weighted by molar-refractivity contribution is 1.03. The van der Waals surface area contributed by atoms with Crippen molar-refractivity contribution in [3.8, 4) is 11.3 Å². The highest BCUT2D eigenvalue weighted by molar-refractivity contribution is 6.01. The largest absolute Gasteiger partial charge is 0.383 e. The van der Waals surface area contributed by atoms with Gasteiger partial charge in [-0.05, 0) is 12.1 Å². The molecular weight excluding hydrogens is 254 g/mol. The van der Waals surface area contributed by atoms with Gasteiger partial charge in [0, 0.05) is 42.9 Å². The summed E-state index contributed by atoms with van der Waals surface area (Å²) in [5.41, 5.74) is 14.6. The monoisotopic (exact) mass is 269 g/mol. The second-order valence-electron chi connectivity index (χ2n) is 4.30. The average molecular weight is 269 g/mol. The molecule has 7 nitrogen and oxygen atoms in total. The Morgan fingerprint density at radius 2 is 2.05 bits per heavy atom. The molecule has 0 atom stereocenters. The van der Waals surface area contributed by atoms with Crippen molar-refractivity contribution in [1.29, 1.82) is 0 Å². The minimum absolute atomic E-state index is 0.247. The van der Waals surface area contributed by atoms with Gasteiger partial charge in [-0.25, -0.2) is 15.0 Å². The Morgan fingerprint density at radius 1 is 1.20 bits per heavy atom. The Hall–Kier alpha value is -2.67. The first kappa shape index (κ1) is 12.4. The van der Waals surface area contributed by atoms with Gasteiger partial charge in [0.2, 0.25) is 5.95 Å². The Kier molecular flexibility index (Phi) is 3.18. The van der Waals surface area contributed by atoms with Crippen LogP contribution in [0.15, 0.2) is 30.7 Å². The Labute approximate surface area is 115 Å². The number of fused-ring (bicyclic) bond motifs is 1. The maximum Gasteiger partial charge on any atom is 0.220 e. The highest BCUT2D eigenvalue weighted by atomic mass is 15.0. The van der Waals surface area contributed by atoms with Crippen molar-refractivity contribution in [1.82, 2.24) is 19.9 Å². The van der Waals surface area contributed by atoms with E-state index in [9.17, 15) is 0 Å². The van der Waals surface area contributed by atoms with E-state index in [1.165, 1.54) is 0 Å². The van der Waals surface area contributed by atoms with E-state index >= 15 is 0 Å². The van der Waals surface area contributed by atoms with E-state index < -0.39 is 0 Å². The van der Waals surface area contributed by atoms with Gasteiger partial charge in [0.15, 0.2) is 0 Å². The third kappa shape index (κ3) is 2.14. The molecule has 0 aliphatic rings. The minimum Gasteiger partial charge on any atom is -0.383 e. The molecule has 0 saturated heterocycles. The molecule has 0 unspecified atom stereocenters. The maximum atomic E-state index is 5.65. The van der Waals surface area contributed by atoms with Crippen LogP contribution in [0.25, 0.3) is 22.3 Å². The molecule has 3 rings (SSSR count). The van der Waals surface area contributed by atoms with Gasteiger partial charge in [-0.15, -0.1) is 0 Å². The number of H-pyrrole nitrogens is 1. The molecule has 6 N–H and O–H groups in total. The third-order valence-electron chi connectivity index (χ3n) is 2.98. The summed E-state index contributed by atoms with van der Waals surface area (Å²) in [6.45, 7) is 1.25. The molecule has 0 spiro atoms. The molecule has 102 valence electrons. The Bertz CT molecular complexity index is 734. The predicted octanol–water partition coefficient (Wildman–Crippen LogP) is 0.973. The van der Waals surface area contributed by atoms with Crippen LogP contribution in [-0.4, -0.2) is 33.0 Å². The van der Waals surface area contributed by atoms with Crippen molar-refractivity contribution in [2.24, 2.45) is 5.73 Å². The minimum atomic E-state index is 0.247. The van der Waals surface area contributed by atoms with Crippen LogP contribution in [0, 0.1) is 0 Å². The summed E-state index contributed by atoms with van der Waals surface area (Å²) in [5.74, 6) is 0.247. The number of nitrogens with one attached hydrogen (secondary N) is 2. The highest BCUT2D eigenvalue weighted by Crippen LogP contribution is 2.31. The van der Waals surface area contributed by atoms with Gasteiger partial charge in [0.25, 0.3) is 0 Å². The van der Waals surface area contributed by atoms with Crippen LogP contribution in [-0.2, 0) is 0 Å². The van der Waals surface area contributed by atoms with Crippen molar-refractivity contribution in [2.45, 2.75) is 0 Å². The number of nitrogens with two attached hydrogens (primary N) is 2. The number of anilines is 2. The van der Waals surface area contributed by atoms with Gasteiger partial charge in [0.1, 0.15) is 5.65 Å². The fraction of sp³-hybridized carbons (Fsp3) is 0.154. The molecule has 0 saturated carbocycles. The van der Waals surface area contributed by atoms with Crippen molar-refractivity contribution >= 4 is 22.7 Å². The van der Waals surface area contributed by atoms with E-state index in [0.29, 0.717) is 13.1 Å². The second-order valence-corrected chi connectivity index (χ2v) is 4.30. The third-order valence-corrected chi connectivity index (χ3v) is 2.98. The van der Waals surface area contributed by atoms with E-state index in [1.54, 1.807) is 12.4 Å². The molecule has 3 heterocycles. The smallest absolute Gasteiger partial charge is 0.220 e. The molecule has 20 heavy (non-hydrogen) atoms. The summed E-state index contributed by atoms with van der Waals surface area (Å²) in [7, 11) is 0. The number of hydrogen-bond acceptors (Lipinski definition) is 6. The van der Waals surface area contributed by atoms with Crippen molar-refractivity contribution < 1.29 is 0 Å². The zero-order chi connectivity index (χ0) is 13.9.